The highest BCUT2D eigenvalue weighted by Crippen LogP contribution is 2.35. The molecule has 0 saturated carbocycles. The van der Waals surface area contributed by atoms with E-state index >= 15 is 0 Å². The van der Waals surface area contributed by atoms with Gasteiger partial charge in [0.1, 0.15) is 5.82 Å². The summed E-state index contributed by atoms with van der Waals surface area (Å²) in [6, 6.07) is 16.5. The number of rotatable bonds is 8. The second-order valence-electron chi connectivity index (χ2n) is 6.85. The zero-order valence-electron chi connectivity index (χ0n) is 17.7. The van der Waals surface area contributed by atoms with Crippen LogP contribution >= 0.6 is 22.6 Å². The van der Waals surface area contributed by atoms with Crippen molar-refractivity contribution in [2.24, 2.45) is 0 Å². The fourth-order valence-electron chi connectivity index (χ4n) is 2.94. The number of nitro benzene ring substituents is 1. The number of halogens is 2. The van der Waals surface area contributed by atoms with Crippen LogP contribution < -0.4 is 14.8 Å². The van der Waals surface area contributed by atoms with Crippen molar-refractivity contribution >= 4 is 51.5 Å². The fourth-order valence-corrected chi connectivity index (χ4v) is 3.72. The molecule has 0 aliphatic heterocycles. The van der Waals surface area contributed by atoms with Crippen LogP contribution in [0.3, 0.4) is 0 Å². The molecule has 0 atom stereocenters. The van der Waals surface area contributed by atoms with Gasteiger partial charge in [0.25, 0.3) is 11.6 Å². The molecular weight excluding hydrogens is 556 g/mol. The van der Waals surface area contributed by atoms with Crippen LogP contribution in [0.25, 0.3) is 11.6 Å². The molecule has 10 heteroatoms. The van der Waals surface area contributed by atoms with Crippen LogP contribution in [0.1, 0.15) is 11.1 Å². The number of allylic oxidation sites excluding steroid dienone is 1. The number of ether oxygens (including phenoxy) is 2. The van der Waals surface area contributed by atoms with E-state index in [1.807, 2.05) is 22.6 Å². The highest BCUT2D eigenvalue weighted by Gasteiger charge is 2.14. The van der Waals surface area contributed by atoms with Crippen molar-refractivity contribution in [3.8, 4) is 17.6 Å². The summed E-state index contributed by atoms with van der Waals surface area (Å²) in [4.78, 5) is 22.5. The normalized spacial score (nSPS) is 10.8. The summed E-state index contributed by atoms with van der Waals surface area (Å²) in [5.74, 6) is -0.133. The van der Waals surface area contributed by atoms with E-state index in [-0.39, 0.29) is 12.3 Å². The van der Waals surface area contributed by atoms with Crippen LogP contribution in [0.5, 0.6) is 11.5 Å². The van der Waals surface area contributed by atoms with E-state index in [0.717, 1.165) is 0 Å². The van der Waals surface area contributed by atoms with E-state index in [1.54, 1.807) is 18.2 Å². The first-order valence-electron chi connectivity index (χ1n) is 9.73. The van der Waals surface area contributed by atoms with Crippen LogP contribution in [-0.4, -0.2) is 24.5 Å². The molecular formula is C24H17FIN3O5. The summed E-state index contributed by atoms with van der Waals surface area (Å²) in [6.45, 7) is -0.300. The second kappa shape index (κ2) is 11.2. The molecule has 3 aromatic rings. The van der Waals surface area contributed by atoms with Gasteiger partial charge < -0.3 is 14.8 Å². The van der Waals surface area contributed by atoms with Gasteiger partial charge in [0.05, 0.1) is 27.2 Å². The highest BCUT2D eigenvalue weighted by atomic mass is 127. The Labute approximate surface area is 207 Å². The maximum Gasteiger partial charge on any atom is 0.269 e. The van der Waals surface area contributed by atoms with E-state index in [1.165, 1.54) is 55.6 Å². The Bertz CT molecular complexity index is 1290. The summed E-state index contributed by atoms with van der Waals surface area (Å²) < 4.78 is 24.7. The smallest absolute Gasteiger partial charge is 0.269 e. The van der Waals surface area contributed by atoms with Gasteiger partial charge in [-0.25, -0.2) is 4.39 Å². The Balaban J connectivity index is 1.78. The van der Waals surface area contributed by atoms with E-state index in [9.17, 15) is 24.6 Å². The quantitative estimate of drug-likeness (QED) is 0.126. The van der Waals surface area contributed by atoms with Gasteiger partial charge in [0, 0.05) is 17.8 Å². The third-order valence-corrected chi connectivity index (χ3v) is 5.35. The zero-order valence-corrected chi connectivity index (χ0v) is 19.9. The summed E-state index contributed by atoms with van der Waals surface area (Å²) in [7, 11) is 1.45. The maximum atomic E-state index is 13.0. The standard InChI is InChI=1S/C24H17FIN3O5/c1-33-22-12-15(10-17(13-27)16-2-8-20(9-3-16)29(31)32)11-21(26)24(22)34-14-23(30)28-19-6-4-18(25)5-7-19/h2-12H,14H2,1H3,(H,28,30)/b17-10-. The molecule has 0 saturated heterocycles. The molecule has 0 unspecified atom stereocenters. The van der Waals surface area contributed by atoms with Crippen LogP contribution in [0, 0.1) is 30.8 Å². The molecule has 8 nitrogen and oxygen atoms in total. The number of amides is 1. The molecule has 0 aromatic heterocycles. The number of nitrogens with zero attached hydrogens (tertiary/aromatic N) is 2. The Hall–Kier alpha value is -3.98. The number of nitro groups is 1. The largest absolute Gasteiger partial charge is 0.493 e. The summed E-state index contributed by atoms with van der Waals surface area (Å²) >= 11 is 2.03. The Morgan fingerprint density at radius 1 is 1.21 bits per heavy atom. The molecule has 3 aromatic carbocycles. The molecule has 0 spiro atoms. The van der Waals surface area contributed by atoms with Crippen molar-refractivity contribution in [2.75, 3.05) is 19.0 Å². The number of carbonyl (C=O) groups excluding carboxylic acids is 1. The molecule has 1 amide bonds. The topological polar surface area (TPSA) is 114 Å². The first-order valence-corrected chi connectivity index (χ1v) is 10.8. The lowest BCUT2D eigenvalue weighted by molar-refractivity contribution is -0.384. The van der Waals surface area contributed by atoms with Crippen LogP contribution in [0.4, 0.5) is 15.8 Å². The SMILES string of the molecule is COc1cc(/C=C(/C#N)c2ccc([N+](=O)[O-])cc2)cc(I)c1OCC(=O)Nc1ccc(F)cc1. The van der Waals surface area contributed by atoms with Crippen molar-refractivity contribution in [3.05, 3.63) is 91.3 Å². The van der Waals surface area contributed by atoms with Gasteiger partial charge in [-0.3, -0.25) is 14.9 Å². The lowest BCUT2D eigenvalue weighted by atomic mass is 10.0. The zero-order chi connectivity index (χ0) is 24.7. The monoisotopic (exact) mass is 573 g/mol. The summed E-state index contributed by atoms with van der Waals surface area (Å²) in [6.07, 6.45) is 1.62. The number of hydrogen-bond donors (Lipinski definition) is 1. The molecule has 0 radical (unpaired) electrons. The van der Waals surface area contributed by atoms with Crippen molar-refractivity contribution in [1.29, 1.82) is 5.26 Å². The molecule has 1 N–H and O–H groups in total. The predicted octanol–water partition coefficient (Wildman–Crippen LogP) is 5.43. The van der Waals surface area contributed by atoms with Crippen molar-refractivity contribution in [1.82, 2.24) is 0 Å². The molecule has 0 fully saturated rings. The second-order valence-corrected chi connectivity index (χ2v) is 8.01. The molecule has 0 heterocycles. The minimum Gasteiger partial charge on any atom is -0.493 e. The number of nitrogens with one attached hydrogen (secondary N) is 1. The Kier molecular flexibility index (Phi) is 8.15. The Morgan fingerprint density at radius 2 is 1.88 bits per heavy atom. The summed E-state index contributed by atoms with van der Waals surface area (Å²) in [5, 5.41) is 23.0. The van der Waals surface area contributed by atoms with Gasteiger partial charge >= 0.3 is 0 Å². The molecule has 0 aliphatic carbocycles. The van der Waals surface area contributed by atoms with E-state index < -0.39 is 16.6 Å². The van der Waals surface area contributed by atoms with E-state index in [4.69, 9.17) is 9.47 Å². The Morgan fingerprint density at radius 3 is 2.47 bits per heavy atom. The maximum absolute atomic E-state index is 13.0. The highest BCUT2D eigenvalue weighted by molar-refractivity contribution is 14.1. The first kappa shape index (κ1) is 24.7. The predicted molar refractivity (Wildman–Crippen MR) is 133 cm³/mol. The third kappa shape index (κ3) is 6.29. The van der Waals surface area contributed by atoms with Gasteiger partial charge in [-0.1, -0.05) is 0 Å². The van der Waals surface area contributed by atoms with Crippen molar-refractivity contribution < 1.29 is 23.6 Å². The summed E-state index contributed by atoms with van der Waals surface area (Å²) in [5.41, 5.74) is 1.84. The number of carbonyl (C=O) groups is 1. The average Bonchev–Trinajstić information content (AvgIpc) is 2.83. The molecule has 172 valence electrons. The number of anilines is 1. The number of non-ortho nitro benzene ring substituents is 1. The van der Waals surface area contributed by atoms with E-state index in [2.05, 4.69) is 11.4 Å². The minimum atomic E-state index is -0.509. The molecule has 3 rings (SSSR count). The average molecular weight is 573 g/mol. The lowest BCUT2D eigenvalue weighted by Crippen LogP contribution is -2.20. The van der Waals surface area contributed by atoms with Crippen LogP contribution in [0.2, 0.25) is 0 Å². The molecule has 0 bridgehead atoms. The van der Waals surface area contributed by atoms with Gasteiger partial charge in [-0.2, -0.15) is 5.26 Å². The fraction of sp³-hybridized carbons (Fsp3) is 0.0833. The molecule has 0 aliphatic rings. The van der Waals surface area contributed by atoms with Crippen molar-refractivity contribution in [3.63, 3.8) is 0 Å². The number of nitriles is 1. The van der Waals surface area contributed by atoms with Crippen LogP contribution in [-0.2, 0) is 4.79 Å². The number of hydrogen-bond acceptors (Lipinski definition) is 6. The van der Waals surface area contributed by atoms with Gasteiger partial charge in [-0.15, -0.1) is 0 Å². The molecule has 34 heavy (non-hydrogen) atoms. The van der Waals surface area contributed by atoms with Crippen molar-refractivity contribution in [2.45, 2.75) is 0 Å². The van der Waals surface area contributed by atoms with Gasteiger partial charge in [0.2, 0.25) is 0 Å². The third-order valence-electron chi connectivity index (χ3n) is 4.55. The first-order chi connectivity index (χ1) is 16.3. The number of methoxy groups -OCH3 is 1. The van der Waals surface area contributed by atoms with Gasteiger partial charge in [-0.05, 0) is 88.3 Å². The van der Waals surface area contributed by atoms with Gasteiger partial charge in [0.15, 0.2) is 18.1 Å². The van der Waals surface area contributed by atoms with E-state index in [0.29, 0.717) is 37.5 Å². The lowest BCUT2D eigenvalue weighted by Gasteiger charge is -2.14. The van der Waals surface area contributed by atoms with Crippen LogP contribution in [0.15, 0.2) is 60.7 Å². The minimum absolute atomic E-state index is 0.0674. The number of benzene rings is 3.